The van der Waals surface area contributed by atoms with Gasteiger partial charge in [0.1, 0.15) is 17.6 Å². The summed E-state index contributed by atoms with van der Waals surface area (Å²) in [5.41, 5.74) is 0. The molecular weight excluding hydrogens is 152 g/mol. The molecule has 0 radical (unpaired) electrons. The summed E-state index contributed by atoms with van der Waals surface area (Å²) < 4.78 is 5.29. The van der Waals surface area contributed by atoms with Crippen LogP contribution in [0.4, 0.5) is 0 Å². The molecule has 2 nitrogen and oxygen atoms in total. The average molecular weight is 168 g/mol. The number of hydrogen-bond acceptors (Lipinski definition) is 2. The first kappa shape index (κ1) is 9.33. The van der Waals surface area contributed by atoms with Crippen LogP contribution in [0.3, 0.4) is 0 Å². The van der Waals surface area contributed by atoms with Gasteiger partial charge in [-0.25, -0.2) is 0 Å². The van der Waals surface area contributed by atoms with Crippen molar-refractivity contribution in [3.63, 3.8) is 0 Å². The van der Waals surface area contributed by atoms with Gasteiger partial charge in [-0.05, 0) is 25.5 Å². The lowest BCUT2D eigenvalue weighted by molar-refractivity contribution is 0.136. The van der Waals surface area contributed by atoms with E-state index in [9.17, 15) is 5.11 Å². The lowest BCUT2D eigenvalue weighted by Crippen LogP contribution is -1.94. The molecule has 0 fully saturated rings. The molecule has 0 bridgehead atoms. The van der Waals surface area contributed by atoms with Crippen molar-refractivity contribution in [1.82, 2.24) is 0 Å². The third-order valence-electron chi connectivity index (χ3n) is 1.92. The molecule has 1 rings (SSSR count). The molecule has 0 aliphatic rings. The fraction of sp³-hybridized carbons (Fsp3) is 0.600. The second kappa shape index (κ2) is 4.31. The third-order valence-corrected chi connectivity index (χ3v) is 1.92. The van der Waals surface area contributed by atoms with E-state index >= 15 is 0 Å². The van der Waals surface area contributed by atoms with E-state index in [4.69, 9.17) is 4.42 Å². The van der Waals surface area contributed by atoms with Crippen LogP contribution >= 0.6 is 0 Å². The van der Waals surface area contributed by atoms with Gasteiger partial charge >= 0.3 is 0 Å². The zero-order valence-electron chi connectivity index (χ0n) is 7.71. The Morgan fingerprint density at radius 1 is 1.50 bits per heavy atom. The standard InChI is InChI=1S/C10H16O2/c1-3-4-5-9(11)10-7-6-8(2)12-10/h6-7,9,11H,3-5H2,1-2H3. The number of furan rings is 1. The smallest absolute Gasteiger partial charge is 0.132 e. The molecular formula is C10H16O2. The van der Waals surface area contributed by atoms with Gasteiger partial charge in [-0.1, -0.05) is 19.8 Å². The Morgan fingerprint density at radius 2 is 2.25 bits per heavy atom. The maximum Gasteiger partial charge on any atom is 0.132 e. The zero-order chi connectivity index (χ0) is 8.97. The summed E-state index contributed by atoms with van der Waals surface area (Å²) >= 11 is 0. The topological polar surface area (TPSA) is 33.4 Å². The van der Waals surface area contributed by atoms with Crippen LogP contribution in [0.25, 0.3) is 0 Å². The summed E-state index contributed by atoms with van der Waals surface area (Å²) in [6, 6.07) is 3.72. The van der Waals surface area contributed by atoms with Crippen LogP contribution in [0.1, 0.15) is 43.8 Å². The predicted octanol–water partition coefficient (Wildman–Crippen LogP) is 2.81. The van der Waals surface area contributed by atoms with Crippen LogP contribution in [-0.2, 0) is 0 Å². The van der Waals surface area contributed by atoms with Gasteiger partial charge in [-0.15, -0.1) is 0 Å². The normalized spacial score (nSPS) is 13.2. The summed E-state index contributed by atoms with van der Waals surface area (Å²) in [5, 5.41) is 9.57. The number of aliphatic hydroxyl groups is 1. The van der Waals surface area contributed by atoms with Crippen molar-refractivity contribution in [1.29, 1.82) is 0 Å². The van der Waals surface area contributed by atoms with Crippen molar-refractivity contribution in [2.75, 3.05) is 0 Å². The van der Waals surface area contributed by atoms with Crippen molar-refractivity contribution in [2.24, 2.45) is 0 Å². The van der Waals surface area contributed by atoms with E-state index in [0.29, 0.717) is 5.76 Å². The van der Waals surface area contributed by atoms with Gasteiger partial charge < -0.3 is 9.52 Å². The highest BCUT2D eigenvalue weighted by Crippen LogP contribution is 2.20. The highest BCUT2D eigenvalue weighted by Gasteiger charge is 2.09. The second-order valence-corrected chi connectivity index (χ2v) is 3.11. The van der Waals surface area contributed by atoms with Crippen LogP contribution in [0, 0.1) is 6.92 Å². The summed E-state index contributed by atoms with van der Waals surface area (Å²) in [7, 11) is 0. The zero-order valence-corrected chi connectivity index (χ0v) is 7.71. The highest BCUT2D eigenvalue weighted by atomic mass is 16.4. The van der Waals surface area contributed by atoms with Crippen molar-refractivity contribution in [3.05, 3.63) is 23.7 Å². The van der Waals surface area contributed by atoms with Gasteiger partial charge in [0.15, 0.2) is 0 Å². The quantitative estimate of drug-likeness (QED) is 0.750. The molecule has 1 aromatic heterocycles. The number of unbranched alkanes of at least 4 members (excludes halogenated alkanes) is 1. The molecule has 0 amide bonds. The summed E-state index contributed by atoms with van der Waals surface area (Å²) in [5.74, 6) is 1.56. The SMILES string of the molecule is CCCCC(O)c1ccc(C)o1. The molecule has 0 saturated carbocycles. The minimum atomic E-state index is -0.418. The maximum atomic E-state index is 9.57. The monoisotopic (exact) mass is 168 g/mol. The third kappa shape index (κ3) is 2.38. The highest BCUT2D eigenvalue weighted by molar-refractivity contribution is 5.07. The van der Waals surface area contributed by atoms with Crippen LogP contribution in [0.5, 0.6) is 0 Å². The summed E-state index contributed by atoms with van der Waals surface area (Å²) in [6.45, 7) is 4.00. The van der Waals surface area contributed by atoms with Gasteiger partial charge in [0.05, 0.1) is 0 Å². The average Bonchev–Trinajstić information content (AvgIpc) is 2.47. The Balaban J connectivity index is 2.47. The van der Waals surface area contributed by atoms with Crippen molar-refractivity contribution < 1.29 is 9.52 Å². The molecule has 1 N–H and O–H groups in total. The van der Waals surface area contributed by atoms with Crippen LogP contribution in [-0.4, -0.2) is 5.11 Å². The van der Waals surface area contributed by atoms with E-state index in [1.807, 2.05) is 19.1 Å². The minimum Gasteiger partial charge on any atom is -0.464 e. The van der Waals surface area contributed by atoms with E-state index in [2.05, 4.69) is 6.92 Å². The molecule has 0 aliphatic carbocycles. The Morgan fingerprint density at radius 3 is 2.75 bits per heavy atom. The molecule has 0 spiro atoms. The van der Waals surface area contributed by atoms with Crippen LogP contribution in [0.15, 0.2) is 16.5 Å². The van der Waals surface area contributed by atoms with Crippen LogP contribution in [0.2, 0.25) is 0 Å². The molecule has 1 heterocycles. The second-order valence-electron chi connectivity index (χ2n) is 3.11. The largest absolute Gasteiger partial charge is 0.464 e. The number of aryl methyl sites for hydroxylation is 1. The Hall–Kier alpha value is -0.760. The van der Waals surface area contributed by atoms with Gasteiger partial charge in [0, 0.05) is 0 Å². The molecule has 0 saturated heterocycles. The summed E-state index contributed by atoms with van der Waals surface area (Å²) in [4.78, 5) is 0. The lowest BCUT2D eigenvalue weighted by atomic mass is 10.1. The molecule has 12 heavy (non-hydrogen) atoms. The van der Waals surface area contributed by atoms with Crippen molar-refractivity contribution in [2.45, 2.75) is 39.2 Å². The van der Waals surface area contributed by atoms with E-state index in [1.165, 1.54) is 0 Å². The first-order chi connectivity index (χ1) is 5.74. The number of aliphatic hydroxyl groups excluding tert-OH is 1. The summed E-state index contributed by atoms with van der Waals surface area (Å²) in [6.07, 6.45) is 2.53. The molecule has 1 atom stereocenters. The van der Waals surface area contributed by atoms with Gasteiger partial charge in [0.2, 0.25) is 0 Å². The minimum absolute atomic E-state index is 0.418. The Bertz CT molecular complexity index is 227. The number of rotatable bonds is 4. The first-order valence-electron chi connectivity index (χ1n) is 4.48. The van der Waals surface area contributed by atoms with Crippen molar-refractivity contribution in [3.8, 4) is 0 Å². The van der Waals surface area contributed by atoms with Crippen LogP contribution < -0.4 is 0 Å². The van der Waals surface area contributed by atoms with E-state index in [0.717, 1.165) is 25.0 Å². The molecule has 1 aromatic rings. The van der Waals surface area contributed by atoms with Gasteiger partial charge in [-0.2, -0.15) is 0 Å². The van der Waals surface area contributed by atoms with Crippen molar-refractivity contribution >= 4 is 0 Å². The first-order valence-corrected chi connectivity index (χ1v) is 4.48. The molecule has 0 aliphatic heterocycles. The van der Waals surface area contributed by atoms with E-state index in [-0.39, 0.29) is 0 Å². The lowest BCUT2D eigenvalue weighted by Gasteiger charge is -2.05. The maximum absolute atomic E-state index is 9.57. The molecule has 68 valence electrons. The fourth-order valence-electron chi connectivity index (χ4n) is 1.17. The van der Waals surface area contributed by atoms with E-state index in [1.54, 1.807) is 0 Å². The van der Waals surface area contributed by atoms with E-state index < -0.39 is 6.10 Å². The fourth-order valence-corrected chi connectivity index (χ4v) is 1.17. The van der Waals surface area contributed by atoms with Gasteiger partial charge in [0.25, 0.3) is 0 Å². The Labute approximate surface area is 73.2 Å². The van der Waals surface area contributed by atoms with Gasteiger partial charge in [-0.3, -0.25) is 0 Å². The molecule has 1 unspecified atom stereocenters. The molecule has 2 heteroatoms. The number of hydrogen-bond donors (Lipinski definition) is 1. The predicted molar refractivity (Wildman–Crippen MR) is 47.9 cm³/mol. The molecule has 0 aromatic carbocycles. The Kier molecular flexibility index (Phi) is 3.35.